The van der Waals surface area contributed by atoms with Gasteiger partial charge in [-0.15, -0.1) is 0 Å². The number of carbonyl (C=O) groups is 1. The van der Waals surface area contributed by atoms with Gasteiger partial charge in [-0.2, -0.15) is 0 Å². The Morgan fingerprint density at radius 1 is 1.54 bits per heavy atom. The summed E-state index contributed by atoms with van der Waals surface area (Å²) < 4.78 is 13.0. The Bertz CT molecular complexity index is 369. The van der Waals surface area contributed by atoms with E-state index >= 15 is 0 Å². The molecule has 0 atom stereocenters. The highest BCUT2D eigenvalue weighted by Crippen LogP contribution is 2.19. The van der Waals surface area contributed by atoms with Gasteiger partial charge in [0.15, 0.2) is 0 Å². The molecule has 0 fully saturated rings. The molecule has 0 saturated carbocycles. The van der Waals surface area contributed by atoms with Crippen LogP contribution in [-0.2, 0) is 4.79 Å². The summed E-state index contributed by atoms with van der Waals surface area (Å²) in [6.07, 6.45) is 0. The van der Waals surface area contributed by atoms with Gasteiger partial charge in [-0.05, 0) is 24.1 Å². The molecule has 3 heteroatoms. The standard InChI is InChI=1S/C10H9FO2/c1-6-8(7(2)10(12)13)4-3-5-9(6)11/h3-5H,2H2,1H3,(H,12,13). The van der Waals surface area contributed by atoms with Crippen molar-refractivity contribution in [3.8, 4) is 0 Å². The summed E-state index contributed by atoms with van der Waals surface area (Å²) in [6.45, 7) is 4.89. The Kier molecular flexibility index (Phi) is 2.46. The zero-order chi connectivity index (χ0) is 10.0. The molecule has 1 aromatic rings. The fourth-order valence-corrected chi connectivity index (χ4v) is 1.05. The van der Waals surface area contributed by atoms with E-state index in [4.69, 9.17) is 5.11 Å². The van der Waals surface area contributed by atoms with Crippen molar-refractivity contribution in [2.24, 2.45) is 0 Å². The van der Waals surface area contributed by atoms with Crippen molar-refractivity contribution < 1.29 is 14.3 Å². The van der Waals surface area contributed by atoms with Crippen molar-refractivity contribution in [2.45, 2.75) is 6.92 Å². The number of hydrogen-bond acceptors (Lipinski definition) is 1. The zero-order valence-corrected chi connectivity index (χ0v) is 7.17. The first-order valence-electron chi connectivity index (χ1n) is 3.71. The van der Waals surface area contributed by atoms with Crippen molar-refractivity contribution in [3.63, 3.8) is 0 Å². The Hall–Kier alpha value is -1.64. The Labute approximate surface area is 75.3 Å². The SMILES string of the molecule is C=C(C(=O)O)c1cccc(F)c1C. The molecule has 0 heterocycles. The predicted octanol–water partition coefficient (Wildman–Crippen LogP) is 2.23. The quantitative estimate of drug-likeness (QED) is 0.708. The first-order valence-corrected chi connectivity index (χ1v) is 3.71. The summed E-state index contributed by atoms with van der Waals surface area (Å²) in [7, 11) is 0. The third-order valence-corrected chi connectivity index (χ3v) is 1.85. The maximum atomic E-state index is 13.0. The van der Waals surface area contributed by atoms with Gasteiger partial charge in [0.2, 0.25) is 0 Å². The first-order chi connectivity index (χ1) is 6.04. The zero-order valence-electron chi connectivity index (χ0n) is 7.17. The minimum atomic E-state index is -1.13. The maximum Gasteiger partial charge on any atom is 0.335 e. The Morgan fingerprint density at radius 3 is 2.69 bits per heavy atom. The molecule has 0 aliphatic rings. The maximum absolute atomic E-state index is 13.0. The van der Waals surface area contributed by atoms with E-state index in [2.05, 4.69) is 6.58 Å². The van der Waals surface area contributed by atoms with Gasteiger partial charge in [-0.25, -0.2) is 9.18 Å². The molecule has 1 N–H and O–H groups in total. The molecular formula is C10H9FO2. The van der Waals surface area contributed by atoms with Gasteiger partial charge in [0.25, 0.3) is 0 Å². The molecule has 0 amide bonds. The Morgan fingerprint density at radius 2 is 2.15 bits per heavy atom. The number of rotatable bonds is 2. The fraction of sp³-hybridized carbons (Fsp3) is 0.100. The van der Waals surface area contributed by atoms with E-state index in [-0.39, 0.29) is 5.57 Å². The topological polar surface area (TPSA) is 37.3 Å². The van der Waals surface area contributed by atoms with Gasteiger partial charge >= 0.3 is 5.97 Å². The van der Waals surface area contributed by atoms with Gasteiger partial charge in [0, 0.05) is 0 Å². The summed E-state index contributed by atoms with van der Waals surface area (Å²) in [5, 5.41) is 8.63. The number of carboxylic acid groups (broad SMARTS) is 1. The van der Waals surface area contributed by atoms with Gasteiger partial charge in [-0.3, -0.25) is 0 Å². The van der Waals surface area contributed by atoms with Gasteiger partial charge in [0.1, 0.15) is 5.82 Å². The molecule has 0 aliphatic heterocycles. The minimum absolute atomic E-state index is 0.0861. The Balaban J connectivity index is 3.23. The molecule has 13 heavy (non-hydrogen) atoms. The summed E-state index contributed by atoms with van der Waals surface area (Å²) in [5.41, 5.74) is 0.569. The number of carboxylic acids is 1. The molecule has 0 unspecified atom stereocenters. The lowest BCUT2D eigenvalue weighted by Gasteiger charge is -2.05. The van der Waals surface area contributed by atoms with Crippen LogP contribution in [0.5, 0.6) is 0 Å². The van der Waals surface area contributed by atoms with Crippen LogP contribution in [0.3, 0.4) is 0 Å². The summed E-state index contributed by atoms with van der Waals surface area (Å²) in [4.78, 5) is 10.5. The summed E-state index contributed by atoms with van der Waals surface area (Å²) in [5.74, 6) is -1.55. The molecule has 0 aromatic heterocycles. The average molecular weight is 180 g/mol. The highest BCUT2D eigenvalue weighted by molar-refractivity contribution is 6.14. The van der Waals surface area contributed by atoms with Gasteiger partial charge in [-0.1, -0.05) is 18.7 Å². The fourth-order valence-electron chi connectivity index (χ4n) is 1.05. The second-order valence-electron chi connectivity index (χ2n) is 2.70. The molecule has 0 aliphatic carbocycles. The van der Waals surface area contributed by atoms with Gasteiger partial charge in [0.05, 0.1) is 5.57 Å². The monoisotopic (exact) mass is 180 g/mol. The third-order valence-electron chi connectivity index (χ3n) is 1.85. The molecule has 68 valence electrons. The van der Waals surface area contributed by atoms with E-state index in [0.717, 1.165) is 0 Å². The average Bonchev–Trinajstić information content (AvgIpc) is 2.08. The smallest absolute Gasteiger partial charge is 0.335 e. The van der Waals surface area contributed by atoms with E-state index in [1.165, 1.54) is 25.1 Å². The highest BCUT2D eigenvalue weighted by Gasteiger charge is 2.11. The largest absolute Gasteiger partial charge is 0.478 e. The van der Waals surface area contributed by atoms with Crippen molar-refractivity contribution in [1.29, 1.82) is 0 Å². The van der Waals surface area contributed by atoms with Crippen molar-refractivity contribution >= 4 is 11.5 Å². The predicted molar refractivity (Wildman–Crippen MR) is 47.8 cm³/mol. The van der Waals surface area contributed by atoms with Gasteiger partial charge < -0.3 is 5.11 Å². The lowest BCUT2D eigenvalue weighted by molar-refractivity contribution is -0.130. The van der Waals surface area contributed by atoms with Crippen LogP contribution in [0.2, 0.25) is 0 Å². The minimum Gasteiger partial charge on any atom is -0.478 e. The highest BCUT2D eigenvalue weighted by atomic mass is 19.1. The second-order valence-corrected chi connectivity index (χ2v) is 2.70. The lowest BCUT2D eigenvalue weighted by Crippen LogP contribution is -2.01. The lowest BCUT2D eigenvalue weighted by atomic mass is 10.0. The van der Waals surface area contributed by atoms with Crippen LogP contribution in [0.4, 0.5) is 4.39 Å². The molecule has 0 spiro atoms. The summed E-state index contributed by atoms with van der Waals surface area (Å²) in [6, 6.07) is 4.29. The van der Waals surface area contributed by atoms with Crippen LogP contribution in [-0.4, -0.2) is 11.1 Å². The molecular weight excluding hydrogens is 171 g/mol. The van der Waals surface area contributed by atoms with Crippen LogP contribution in [0, 0.1) is 12.7 Å². The third kappa shape index (κ3) is 1.75. The van der Waals surface area contributed by atoms with E-state index in [1.54, 1.807) is 0 Å². The molecule has 0 bridgehead atoms. The molecule has 2 nitrogen and oxygen atoms in total. The first kappa shape index (κ1) is 9.45. The van der Waals surface area contributed by atoms with Crippen molar-refractivity contribution in [2.75, 3.05) is 0 Å². The van der Waals surface area contributed by atoms with Crippen LogP contribution in [0.25, 0.3) is 5.57 Å². The number of hydrogen-bond donors (Lipinski definition) is 1. The number of aliphatic carboxylic acids is 1. The van der Waals surface area contributed by atoms with E-state index in [9.17, 15) is 9.18 Å². The number of benzene rings is 1. The summed E-state index contributed by atoms with van der Waals surface area (Å²) >= 11 is 0. The van der Waals surface area contributed by atoms with E-state index in [1.807, 2.05) is 0 Å². The number of halogens is 1. The molecule has 1 rings (SSSR count). The molecule has 1 aromatic carbocycles. The van der Waals surface area contributed by atoms with E-state index in [0.29, 0.717) is 11.1 Å². The molecule has 0 radical (unpaired) electrons. The second kappa shape index (κ2) is 3.39. The molecule has 0 saturated heterocycles. The normalized spacial score (nSPS) is 9.69. The van der Waals surface area contributed by atoms with Crippen molar-refractivity contribution in [1.82, 2.24) is 0 Å². The van der Waals surface area contributed by atoms with Crippen molar-refractivity contribution in [3.05, 3.63) is 41.7 Å². The van der Waals surface area contributed by atoms with Crippen LogP contribution in [0.1, 0.15) is 11.1 Å². The van der Waals surface area contributed by atoms with Crippen LogP contribution in [0.15, 0.2) is 24.8 Å². The van der Waals surface area contributed by atoms with E-state index < -0.39 is 11.8 Å². The van der Waals surface area contributed by atoms with Crippen LogP contribution < -0.4 is 0 Å². The van der Waals surface area contributed by atoms with Crippen LogP contribution >= 0.6 is 0 Å².